The predicted octanol–water partition coefficient (Wildman–Crippen LogP) is 2.57. The number of rotatable bonds is 3. The third-order valence-electron chi connectivity index (χ3n) is 4.82. The summed E-state index contributed by atoms with van der Waals surface area (Å²) in [5.74, 6) is -1.12. The standard InChI is InChI=1S/C18H16F2N2O3S/c19-13-4-6-15(7-5-13)22-17-11-26(24,25)10-16(17)21(18(22)23)9-12-2-1-3-14(20)8-12/h1-8,16-17H,9-11H2. The molecule has 4 rings (SSSR count). The van der Waals surface area contributed by atoms with Crippen molar-refractivity contribution in [3.05, 3.63) is 65.7 Å². The summed E-state index contributed by atoms with van der Waals surface area (Å²) in [6, 6.07) is 9.85. The van der Waals surface area contributed by atoms with Crippen molar-refractivity contribution in [3.8, 4) is 0 Å². The number of benzene rings is 2. The lowest BCUT2D eigenvalue weighted by Crippen LogP contribution is -2.37. The van der Waals surface area contributed by atoms with Crippen LogP contribution in [0.5, 0.6) is 0 Å². The van der Waals surface area contributed by atoms with Crippen LogP contribution < -0.4 is 4.90 Å². The quantitative estimate of drug-likeness (QED) is 0.772. The fraction of sp³-hybridized carbons (Fsp3) is 0.278. The highest BCUT2D eigenvalue weighted by Crippen LogP contribution is 2.36. The molecule has 2 unspecified atom stereocenters. The first-order valence-corrected chi connectivity index (χ1v) is 9.96. The first-order valence-electron chi connectivity index (χ1n) is 8.14. The smallest absolute Gasteiger partial charge is 0.314 e. The number of fused-ring (bicyclic) bond motifs is 1. The summed E-state index contributed by atoms with van der Waals surface area (Å²) in [5, 5.41) is 0. The van der Waals surface area contributed by atoms with Gasteiger partial charge in [-0.1, -0.05) is 12.1 Å². The van der Waals surface area contributed by atoms with E-state index in [0.29, 0.717) is 11.3 Å². The highest BCUT2D eigenvalue weighted by molar-refractivity contribution is 7.91. The molecular formula is C18H16F2N2O3S. The van der Waals surface area contributed by atoms with Crippen LogP contribution in [0.3, 0.4) is 0 Å². The number of carbonyl (C=O) groups excluding carboxylic acids is 1. The Morgan fingerprint density at radius 2 is 1.65 bits per heavy atom. The molecule has 2 amide bonds. The van der Waals surface area contributed by atoms with Gasteiger partial charge < -0.3 is 4.90 Å². The molecule has 8 heteroatoms. The molecule has 0 spiro atoms. The molecule has 5 nitrogen and oxygen atoms in total. The third-order valence-corrected chi connectivity index (χ3v) is 6.52. The molecule has 0 radical (unpaired) electrons. The Bertz CT molecular complexity index is 963. The second-order valence-electron chi connectivity index (χ2n) is 6.60. The minimum Gasteiger partial charge on any atom is -0.314 e. The molecule has 136 valence electrons. The van der Waals surface area contributed by atoms with Gasteiger partial charge in [-0.3, -0.25) is 4.90 Å². The summed E-state index contributed by atoms with van der Waals surface area (Å²) in [4.78, 5) is 15.9. The van der Waals surface area contributed by atoms with Crippen molar-refractivity contribution in [2.24, 2.45) is 0 Å². The molecule has 2 fully saturated rings. The van der Waals surface area contributed by atoms with E-state index in [0.717, 1.165) is 0 Å². The summed E-state index contributed by atoms with van der Waals surface area (Å²) in [7, 11) is -3.30. The van der Waals surface area contributed by atoms with Crippen molar-refractivity contribution in [1.29, 1.82) is 0 Å². The number of amides is 2. The molecule has 0 aromatic heterocycles. The zero-order valence-electron chi connectivity index (χ0n) is 13.7. The van der Waals surface area contributed by atoms with Gasteiger partial charge in [0.25, 0.3) is 0 Å². The van der Waals surface area contributed by atoms with Gasteiger partial charge in [0.05, 0.1) is 23.6 Å². The van der Waals surface area contributed by atoms with Gasteiger partial charge in [-0.15, -0.1) is 0 Å². The maximum atomic E-state index is 13.5. The lowest BCUT2D eigenvalue weighted by atomic mass is 10.1. The highest BCUT2D eigenvalue weighted by atomic mass is 32.2. The van der Waals surface area contributed by atoms with E-state index < -0.39 is 33.6 Å². The van der Waals surface area contributed by atoms with Crippen molar-refractivity contribution in [2.75, 3.05) is 16.4 Å². The highest BCUT2D eigenvalue weighted by Gasteiger charge is 2.53. The zero-order chi connectivity index (χ0) is 18.5. The monoisotopic (exact) mass is 378 g/mol. The number of hydrogen-bond donors (Lipinski definition) is 0. The van der Waals surface area contributed by atoms with Crippen LogP contribution in [-0.2, 0) is 16.4 Å². The number of carbonyl (C=O) groups is 1. The van der Waals surface area contributed by atoms with Crippen LogP contribution in [0.25, 0.3) is 0 Å². The number of urea groups is 1. The van der Waals surface area contributed by atoms with Crippen molar-refractivity contribution in [1.82, 2.24) is 4.90 Å². The van der Waals surface area contributed by atoms with Crippen molar-refractivity contribution < 1.29 is 22.0 Å². The van der Waals surface area contributed by atoms with E-state index in [-0.39, 0.29) is 24.1 Å². The van der Waals surface area contributed by atoms with E-state index in [1.807, 2.05) is 0 Å². The van der Waals surface area contributed by atoms with Crippen LogP contribution in [0.2, 0.25) is 0 Å². The molecule has 2 aromatic carbocycles. The van der Waals surface area contributed by atoms with Crippen molar-refractivity contribution in [3.63, 3.8) is 0 Å². The van der Waals surface area contributed by atoms with Crippen LogP contribution in [0.15, 0.2) is 48.5 Å². The number of sulfone groups is 1. The third kappa shape index (κ3) is 2.94. The molecule has 2 aromatic rings. The fourth-order valence-corrected chi connectivity index (χ4v) is 5.65. The van der Waals surface area contributed by atoms with Crippen molar-refractivity contribution in [2.45, 2.75) is 18.6 Å². The predicted molar refractivity (Wildman–Crippen MR) is 92.4 cm³/mol. The molecule has 2 saturated heterocycles. The van der Waals surface area contributed by atoms with E-state index in [9.17, 15) is 22.0 Å². The Kier molecular flexibility index (Phi) is 3.95. The molecule has 26 heavy (non-hydrogen) atoms. The lowest BCUT2D eigenvalue weighted by Gasteiger charge is -2.22. The summed E-state index contributed by atoms with van der Waals surface area (Å²) < 4.78 is 51.0. The Morgan fingerprint density at radius 1 is 0.962 bits per heavy atom. The van der Waals surface area contributed by atoms with Gasteiger partial charge in [0.2, 0.25) is 0 Å². The second-order valence-corrected chi connectivity index (χ2v) is 8.75. The second kappa shape index (κ2) is 6.05. The maximum Gasteiger partial charge on any atom is 0.325 e. The minimum atomic E-state index is -3.30. The van der Waals surface area contributed by atoms with E-state index in [1.54, 1.807) is 12.1 Å². The van der Waals surface area contributed by atoms with Gasteiger partial charge in [-0.2, -0.15) is 0 Å². The Balaban J connectivity index is 1.70. The molecule has 2 aliphatic heterocycles. The molecule has 2 aliphatic rings. The molecule has 0 bridgehead atoms. The first kappa shape index (κ1) is 17.0. The molecule has 2 heterocycles. The molecule has 0 N–H and O–H groups in total. The lowest BCUT2D eigenvalue weighted by molar-refractivity contribution is 0.206. The van der Waals surface area contributed by atoms with Crippen LogP contribution >= 0.6 is 0 Å². The van der Waals surface area contributed by atoms with E-state index >= 15 is 0 Å². The van der Waals surface area contributed by atoms with Crippen LogP contribution in [0, 0.1) is 11.6 Å². The zero-order valence-corrected chi connectivity index (χ0v) is 14.5. The fourth-order valence-electron chi connectivity index (χ4n) is 3.70. The molecule has 0 aliphatic carbocycles. The van der Waals surface area contributed by atoms with Crippen LogP contribution in [0.1, 0.15) is 5.56 Å². The SMILES string of the molecule is O=C1N(Cc2cccc(F)c2)C2CS(=O)(=O)CC2N1c1ccc(F)cc1. The maximum absolute atomic E-state index is 13.5. The number of hydrogen-bond acceptors (Lipinski definition) is 3. The number of anilines is 1. The van der Waals surface area contributed by atoms with Gasteiger partial charge in [0.1, 0.15) is 11.6 Å². The topological polar surface area (TPSA) is 57.7 Å². The molecule has 2 atom stereocenters. The largest absolute Gasteiger partial charge is 0.325 e. The van der Waals surface area contributed by atoms with E-state index in [1.165, 1.54) is 46.2 Å². The average molecular weight is 378 g/mol. The summed E-state index contributed by atoms with van der Waals surface area (Å²) in [6.07, 6.45) is 0. The van der Waals surface area contributed by atoms with Gasteiger partial charge >= 0.3 is 6.03 Å². The number of nitrogens with zero attached hydrogens (tertiary/aromatic N) is 2. The van der Waals surface area contributed by atoms with E-state index in [2.05, 4.69) is 0 Å². The van der Waals surface area contributed by atoms with Gasteiger partial charge in [0.15, 0.2) is 9.84 Å². The number of halogens is 2. The molecular weight excluding hydrogens is 362 g/mol. The first-order chi connectivity index (χ1) is 12.3. The summed E-state index contributed by atoms with van der Waals surface area (Å²) >= 11 is 0. The van der Waals surface area contributed by atoms with Gasteiger partial charge in [0, 0.05) is 12.2 Å². The summed E-state index contributed by atoms with van der Waals surface area (Å²) in [6.45, 7) is 0.116. The Labute approximate surface area is 149 Å². The van der Waals surface area contributed by atoms with Gasteiger partial charge in [-0.25, -0.2) is 22.0 Å². The van der Waals surface area contributed by atoms with Gasteiger partial charge in [-0.05, 0) is 42.0 Å². The molecule has 0 saturated carbocycles. The summed E-state index contributed by atoms with van der Waals surface area (Å²) in [5.41, 5.74) is 1.03. The van der Waals surface area contributed by atoms with Crippen LogP contribution in [-0.4, -0.2) is 42.9 Å². The Hall–Kier alpha value is -2.48. The average Bonchev–Trinajstić information content (AvgIpc) is 3.00. The van der Waals surface area contributed by atoms with E-state index in [4.69, 9.17) is 0 Å². The van der Waals surface area contributed by atoms with Crippen LogP contribution in [0.4, 0.5) is 19.3 Å². The van der Waals surface area contributed by atoms with Crippen molar-refractivity contribution >= 4 is 21.6 Å². The Morgan fingerprint density at radius 3 is 2.35 bits per heavy atom. The normalized spacial score (nSPS) is 24.2. The minimum absolute atomic E-state index is 0.116.